The van der Waals surface area contributed by atoms with Crippen LogP contribution in [0.5, 0.6) is 5.75 Å². The van der Waals surface area contributed by atoms with Gasteiger partial charge in [0.25, 0.3) is 0 Å². The number of rotatable bonds is 3. The minimum absolute atomic E-state index is 0.870. The maximum Gasteiger partial charge on any atom is 0.118 e. The first-order valence-electron chi connectivity index (χ1n) is 9.08. The number of methoxy groups -OCH3 is 1. The van der Waals surface area contributed by atoms with Crippen LogP contribution in [-0.4, -0.2) is 12.1 Å². The van der Waals surface area contributed by atoms with Crippen LogP contribution in [0.25, 0.3) is 43.9 Å². The van der Waals surface area contributed by atoms with E-state index in [2.05, 4.69) is 77.8 Å². The molecule has 0 spiro atoms. The van der Waals surface area contributed by atoms with Crippen molar-refractivity contribution < 1.29 is 4.74 Å². The fourth-order valence-electron chi connectivity index (χ4n) is 3.96. The Bertz CT molecular complexity index is 1230. The van der Waals surface area contributed by atoms with Crippen LogP contribution >= 0.6 is 0 Å². The summed E-state index contributed by atoms with van der Waals surface area (Å²) < 4.78 is 5.34. The molecule has 5 rings (SSSR count). The molecule has 0 atom stereocenters. The highest BCUT2D eigenvalue weighted by atomic mass is 16.5. The van der Waals surface area contributed by atoms with E-state index in [-0.39, 0.29) is 0 Å². The van der Waals surface area contributed by atoms with Gasteiger partial charge in [0, 0.05) is 17.1 Å². The molecular formula is C25H19NO. The Morgan fingerprint density at radius 2 is 1.22 bits per heavy atom. The number of ether oxygens (including phenoxy) is 1. The van der Waals surface area contributed by atoms with E-state index in [1.54, 1.807) is 7.11 Å². The quantitative estimate of drug-likeness (QED) is 0.387. The summed E-state index contributed by atoms with van der Waals surface area (Å²) in [6.45, 7) is 0. The van der Waals surface area contributed by atoms with E-state index in [1.165, 1.54) is 43.9 Å². The van der Waals surface area contributed by atoms with Gasteiger partial charge < -0.3 is 9.72 Å². The maximum atomic E-state index is 5.34. The predicted octanol–water partition coefficient (Wildman–Crippen LogP) is 6.66. The highest BCUT2D eigenvalue weighted by Gasteiger charge is 2.16. The third-order valence-electron chi connectivity index (χ3n) is 5.17. The van der Waals surface area contributed by atoms with Crippen molar-refractivity contribution in [2.45, 2.75) is 0 Å². The van der Waals surface area contributed by atoms with Crippen LogP contribution in [0.2, 0.25) is 0 Å². The summed E-state index contributed by atoms with van der Waals surface area (Å²) in [6, 6.07) is 29.7. The van der Waals surface area contributed by atoms with Gasteiger partial charge >= 0.3 is 0 Å². The molecule has 0 radical (unpaired) electrons. The highest BCUT2D eigenvalue weighted by Crippen LogP contribution is 2.43. The number of hydrogen-bond acceptors (Lipinski definition) is 1. The fraction of sp³-hybridized carbons (Fsp3) is 0.0400. The van der Waals surface area contributed by atoms with Gasteiger partial charge in [-0.2, -0.15) is 0 Å². The zero-order chi connectivity index (χ0) is 18.2. The lowest BCUT2D eigenvalue weighted by atomic mass is 9.89. The molecule has 4 aromatic carbocycles. The Morgan fingerprint density at radius 1 is 0.593 bits per heavy atom. The average Bonchev–Trinajstić information content (AvgIpc) is 3.21. The van der Waals surface area contributed by atoms with Gasteiger partial charge in [-0.25, -0.2) is 0 Å². The van der Waals surface area contributed by atoms with Crippen molar-refractivity contribution in [2.24, 2.45) is 0 Å². The molecule has 2 nitrogen and oxygen atoms in total. The smallest absolute Gasteiger partial charge is 0.118 e. The van der Waals surface area contributed by atoms with Gasteiger partial charge in [0.1, 0.15) is 5.75 Å². The molecule has 0 fully saturated rings. The second kappa shape index (κ2) is 6.33. The number of nitrogens with one attached hydrogen (secondary N) is 1. The number of aromatic nitrogens is 1. The van der Waals surface area contributed by atoms with E-state index in [1.807, 2.05) is 18.3 Å². The Kier molecular flexibility index (Phi) is 3.68. The molecule has 27 heavy (non-hydrogen) atoms. The second-order valence-electron chi connectivity index (χ2n) is 6.66. The molecule has 0 saturated carbocycles. The molecule has 0 aliphatic rings. The van der Waals surface area contributed by atoms with Crippen molar-refractivity contribution in [1.82, 2.24) is 4.98 Å². The molecule has 0 saturated heterocycles. The van der Waals surface area contributed by atoms with Crippen LogP contribution in [0.1, 0.15) is 0 Å². The minimum Gasteiger partial charge on any atom is -0.497 e. The molecule has 1 N–H and O–H groups in total. The van der Waals surface area contributed by atoms with E-state index in [9.17, 15) is 0 Å². The molecule has 0 unspecified atom stereocenters. The van der Waals surface area contributed by atoms with Gasteiger partial charge in [-0.05, 0) is 45.7 Å². The first kappa shape index (κ1) is 15.7. The number of aromatic amines is 1. The average molecular weight is 349 g/mol. The van der Waals surface area contributed by atoms with Gasteiger partial charge in [0.15, 0.2) is 0 Å². The van der Waals surface area contributed by atoms with Gasteiger partial charge in [0.05, 0.1) is 12.6 Å². The van der Waals surface area contributed by atoms with Crippen molar-refractivity contribution in [3.05, 3.63) is 91.1 Å². The van der Waals surface area contributed by atoms with Crippen LogP contribution in [0.4, 0.5) is 0 Å². The molecule has 0 amide bonds. The van der Waals surface area contributed by atoms with E-state index in [0.29, 0.717) is 0 Å². The predicted molar refractivity (Wildman–Crippen MR) is 113 cm³/mol. The van der Waals surface area contributed by atoms with Crippen molar-refractivity contribution >= 4 is 21.7 Å². The number of benzene rings is 4. The van der Waals surface area contributed by atoms with Crippen molar-refractivity contribution in [1.29, 1.82) is 0 Å². The molecule has 5 aromatic rings. The summed E-state index contributed by atoms with van der Waals surface area (Å²) in [5, 5.41) is 3.75. The maximum absolute atomic E-state index is 5.34. The largest absolute Gasteiger partial charge is 0.497 e. The molecule has 130 valence electrons. The lowest BCUT2D eigenvalue weighted by Crippen LogP contribution is -1.90. The van der Waals surface area contributed by atoms with Crippen molar-refractivity contribution in [3.63, 3.8) is 0 Å². The van der Waals surface area contributed by atoms with Crippen LogP contribution in [0.15, 0.2) is 91.1 Å². The van der Waals surface area contributed by atoms with Crippen LogP contribution < -0.4 is 4.74 Å². The third-order valence-corrected chi connectivity index (χ3v) is 5.17. The zero-order valence-corrected chi connectivity index (χ0v) is 15.1. The topological polar surface area (TPSA) is 25.0 Å². The van der Waals surface area contributed by atoms with E-state index in [0.717, 1.165) is 5.75 Å². The van der Waals surface area contributed by atoms with Crippen LogP contribution in [0, 0.1) is 0 Å². The fourth-order valence-corrected chi connectivity index (χ4v) is 3.96. The highest BCUT2D eigenvalue weighted by molar-refractivity contribution is 6.20. The van der Waals surface area contributed by atoms with Crippen LogP contribution in [-0.2, 0) is 0 Å². The Balaban J connectivity index is 1.91. The zero-order valence-electron chi connectivity index (χ0n) is 15.1. The molecule has 1 heterocycles. The summed E-state index contributed by atoms with van der Waals surface area (Å²) in [6.07, 6.45) is 2.03. The third kappa shape index (κ3) is 2.49. The Morgan fingerprint density at radius 3 is 1.93 bits per heavy atom. The second-order valence-corrected chi connectivity index (χ2v) is 6.66. The van der Waals surface area contributed by atoms with Gasteiger partial charge in [-0.1, -0.05) is 66.7 Å². The van der Waals surface area contributed by atoms with E-state index in [4.69, 9.17) is 4.74 Å². The Hall–Kier alpha value is -3.52. The summed E-state index contributed by atoms with van der Waals surface area (Å²) in [4.78, 5) is 3.49. The number of fused-ring (bicyclic) bond motifs is 2. The van der Waals surface area contributed by atoms with Gasteiger partial charge in [-0.3, -0.25) is 0 Å². The minimum atomic E-state index is 0.870. The SMILES string of the molecule is COc1ccc(-c2c3ccccc3c(-c3ccccc3)c3[nH]ccc23)cc1. The lowest BCUT2D eigenvalue weighted by molar-refractivity contribution is 0.415. The number of hydrogen-bond donors (Lipinski definition) is 1. The van der Waals surface area contributed by atoms with Crippen molar-refractivity contribution in [3.8, 4) is 28.0 Å². The molecule has 0 aliphatic carbocycles. The van der Waals surface area contributed by atoms with Crippen LogP contribution in [0.3, 0.4) is 0 Å². The molecule has 0 bridgehead atoms. The van der Waals surface area contributed by atoms with Gasteiger partial charge in [0.2, 0.25) is 0 Å². The Labute approximate surface area is 158 Å². The summed E-state index contributed by atoms with van der Waals surface area (Å²) in [7, 11) is 1.70. The lowest BCUT2D eigenvalue weighted by Gasteiger charge is -2.15. The standard InChI is InChI=1S/C25H19NO/c1-27-19-13-11-18(12-14-19)23-20-9-5-6-10-21(20)24(17-7-3-2-4-8-17)25-22(23)15-16-26-25/h2-16,26H,1H3. The van der Waals surface area contributed by atoms with Crippen molar-refractivity contribution in [2.75, 3.05) is 7.11 Å². The molecule has 1 aromatic heterocycles. The van der Waals surface area contributed by atoms with Gasteiger partial charge in [-0.15, -0.1) is 0 Å². The molecule has 0 aliphatic heterocycles. The molecular weight excluding hydrogens is 330 g/mol. The monoisotopic (exact) mass is 349 g/mol. The first-order valence-corrected chi connectivity index (χ1v) is 9.08. The summed E-state index contributed by atoms with van der Waals surface area (Å²) in [5.74, 6) is 0.870. The van der Waals surface area contributed by atoms with E-state index >= 15 is 0 Å². The summed E-state index contributed by atoms with van der Waals surface area (Å²) >= 11 is 0. The normalized spacial score (nSPS) is 11.1. The first-order chi connectivity index (χ1) is 13.4. The molecule has 2 heteroatoms. The number of H-pyrrole nitrogens is 1. The van der Waals surface area contributed by atoms with E-state index < -0.39 is 0 Å². The summed E-state index contributed by atoms with van der Waals surface area (Å²) in [5.41, 5.74) is 6.09.